The number of aliphatic hydroxyl groups is 1. The second-order valence-electron chi connectivity index (χ2n) is 2.58. The Bertz CT molecular complexity index is 319. The zero-order valence-corrected chi connectivity index (χ0v) is 8.25. The maximum absolute atomic E-state index is 12.9. The molecule has 0 aliphatic carbocycles. The number of benzene rings is 1. The molecule has 0 heterocycles. The van der Waals surface area contributed by atoms with Gasteiger partial charge in [-0.2, -0.15) is 0 Å². The molecule has 0 bridgehead atoms. The second kappa shape index (κ2) is 4.04. The molecular formula is C8H9BrFNO2. The number of hydrogen-bond donors (Lipinski definition) is 3. The molecular weight excluding hydrogens is 241 g/mol. The lowest BCUT2D eigenvalue weighted by Crippen LogP contribution is -2.12. The molecule has 0 fully saturated rings. The Morgan fingerprint density at radius 2 is 2.15 bits per heavy atom. The van der Waals surface area contributed by atoms with Gasteiger partial charge in [-0.15, -0.1) is 0 Å². The third-order valence-corrected chi connectivity index (χ3v) is 2.10. The maximum Gasteiger partial charge on any atom is 0.166 e. The molecule has 0 aliphatic rings. The highest BCUT2D eigenvalue weighted by molar-refractivity contribution is 9.10. The summed E-state index contributed by atoms with van der Waals surface area (Å²) in [5.74, 6) is -1.34. The minimum absolute atomic E-state index is 0.0660. The molecule has 1 aromatic rings. The quantitative estimate of drug-likeness (QED) is 0.740. The number of rotatable bonds is 2. The number of phenolic OH excluding ortho intramolecular Hbond substituents is 1. The number of aliphatic hydroxyl groups excluding tert-OH is 1. The molecule has 5 heteroatoms. The van der Waals surface area contributed by atoms with E-state index in [1.807, 2.05) is 0 Å². The third kappa shape index (κ3) is 2.18. The van der Waals surface area contributed by atoms with Crippen LogP contribution in [0.2, 0.25) is 0 Å². The van der Waals surface area contributed by atoms with Crippen LogP contribution in [0.5, 0.6) is 5.75 Å². The van der Waals surface area contributed by atoms with Gasteiger partial charge in [-0.3, -0.25) is 0 Å². The highest BCUT2D eigenvalue weighted by atomic mass is 79.9. The molecule has 0 aliphatic heterocycles. The fourth-order valence-electron chi connectivity index (χ4n) is 0.967. The van der Waals surface area contributed by atoms with E-state index in [0.717, 1.165) is 6.07 Å². The van der Waals surface area contributed by atoms with Gasteiger partial charge < -0.3 is 15.9 Å². The third-order valence-electron chi connectivity index (χ3n) is 1.64. The largest absolute Gasteiger partial charge is 0.505 e. The van der Waals surface area contributed by atoms with Crippen LogP contribution in [0.25, 0.3) is 0 Å². The van der Waals surface area contributed by atoms with Gasteiger partial charge in [0.05, 0.1) is 6.10 Å². The highest BCUT2D eigenvalue weighted by Gasteiger charge is 2.14. The first-order valence-corrected chi connectivity index (χ1v) is 4.41. The van der Waals surface area contributed by atoms with E-state index in [-0.39, 0.29) is 12.1 Å². The SMILES string of the molecule is NC[C@@H](O)c1cc(Br)cc(F)c1O. The minimum Gasteiger partial charge on any atom is -0.505 e. The standard InChI is InChI=1S/C8H9BrFNO2/c9-4-1-5(7(12)3-11)8(13)6(10)2-4/h1-2,7,12-13H,3,11H2/t7-/m1/s1. The Kier molecular flexibility index (Phi) is 3.24. The zero-order chi connectivity index (χ0) is 10.0. The molecule has 3 nitrogen and oxygen atoms in total. The molecule has 1 atom stereocenters. The Balaban J connectivity index is 3.20. The van der Waals surface area contributed by atoms with Gasteiger partial charge in [0.2, 0.25) is 0 Å². The van der Waals surface area contributed by atoms with E-state index in [4.69, 9.17) is 5.73 Å². The van der Waals surface area contributed by atoms with Crippen LogP contribution in [0.15, 0.2) is 16.6 Å². The Morgan fingerprint density at radius 1 is 1.54 bits per heavy atom. The van der Waals surface area contributed by atoms with Crippen LogP contribution in [0.1, 0.15) is 11.7 Å². The summed E-state index contributed by atoms with van der Waals surface area (Å²) in [7, 11) is 0. The number of halogens is 2. The fraction of sp³-hybridized carbons (Fsp3) is 0.250. The zero-order valence-electron chi connectivity index (χ0n) is 6.67. The van der Waals surface area contributed by atoms with E-state index >= 15 is 0 Å². The molecule has 13 heavy (non-hydrogen) atoms. The molecule has 0 radical (unpaired) electrons. The molecule has 0 saturated carbocycles. The summed E-state index contributed by atoms with van der Waals surface area (Å²) >= 11 is 3.04. The van der Waals surface area contributed by atoms with E-state index in [1.165, 1.54) is 6.07 Å². The number of nitrogens with two attached hydrogens (primary N) is 1. The topological polar surface area (TPSA) is 66.5 Å². The Morgan fingerprint density at radius 3 is 2.69 bits per heavy atom. The van der Waals surface area contributed by atoms with Crippen LogP contribution in [0.4, 0.5) is 4.39 Å². The summed E-state index contributed by atoms with van der Waals surface area (Å²) in [5.41, 5.74) is 5.27. The van der Waals surface area contributed by atoms with Gasteiger partial charge in [0.15, 0.2) is 11.6 Å². The van der Waals surface area contributed by atoms with Crippen molar-refractivity contribution in [3.63, 3.8) is 0 Å². The van der Waals surface area contributed by atoms with E-state index in [1.54, 1.807) is 0 Å². The van der Waals surface area contributed by atoms with Gasteiger partial charge in [-0.25, -0.2) is 4.39 Å². The molecule has 0 amide bonds. The molecule has 0 unspecified atom stereocenters. The maximum atomic E-state index is 12.9. The first-order chi connectivity index (χ1) is 6.06. The van der Waals surface area contributed by atoms with Crippen molar-refractivity contribution in [2.45, 2.75) is 6.10 Å². The van der Waals surface area contributed by atoms with Gasteiger partial charge >= 0.3 is 0 Å². The predicted octanol–water partition coefficient (Wildman–Crippen LogP) is 1.29. The number of aromatic hydroxyl groups is 1. The molecule has 1 aromatic carbocycles. The van der Waals surface area contributed by atoms with Crippen molar-refractivity contribution in [3.05, 3.63) is 28.0 Å². The number of phenols is 1. The van der Waals surface area contributed by atoms with Crippen molar-refractivity contribution in [1.82, 2.24) is 0 Å². The van der Waals surface area contributed by atoms with Gasteiger partial charge in [0.25, 0.3) is 0 Å². The van der Waals surface area contributed by atoms with Crippen molar-refractivity contribution >= 4 is 15.9 Å². The van der Waals surface area contributed by atoms with E-state index in [0.29, 0.717) is 4.47 Å². The lowest BCUT2D eigenvalue weighted by atomic mass is 10.1. The first-order valence-electron chi connectivity index (χ1n) is 3.62. The van der Waals surface area contributed by atoms with Crippen molar-refractivity contribution in [2.24, 2.45) is 5.73 Å². The number of hydrogen-bond acceptors (Lipinski definition) is 3. The van der Waals surface area contributed by atoms with Crippen LogP contribution < -0.4 is 5.73 Å². The van der Waals surface area contributed by atoms with Crippen molar-refractivity contribution < 1.29 is 14.6 Å². The normalized spacial score (nSPS) is 12.9. The van der Waals surface area contributed by atoms with Crippen molar-refractivity contribution in [3.8, 4) is 5.75 Å². The van der Waals surface area contributed by atoms with Crippen LogP contribution in [-0.4, -0.2) is 16.8 Å². The summed E-state index contributed by atoms with van der Waals surface area (Å²) < 4.78 is 13.4. The van der Waals surface area contributed by atoms with E-state index in [9.17, 15) is 14.6 Å². The molecule has 0 spiro atoms. The summed E-state index contributed by atoms with van der Waals surface area (Å²) in [6, 6.07) is 2.54. The minimum atomic E-state index is -1.05. The average molecular weight is 250 g/mol. The van der Waals surface area contributed by atoms with Gasteiger partial charge in [0, 0.05) is 16.6 Å². The Hall–Kier alpha value is -0.650. The molecule has 0 aromatic heterocycles. The van der Waals surface area contributed by atoms with Gasteiger partial charge in [-0.1, -0.05) is 15.9 Å². The van der Waals surface area contributed by atoms with Crippen LogP contribution in [-0.2, 0) is 0 Å². The summed E-state index contributed by atoms with van der Waals surface area (Å²) in [6.07, 6.45) is -1.05. The van der Waals surface area contributed by atoms with Crippen molar-refractivity contribution in [1.29, 1.82) is 0 Å². The molecule has 0 saturated heterocycles. The Labute approximate surface area is 83.1 Å². The van der Waals surface area contributed by atoms with Gasteiger partial charge in [0.1, 0.15) is 0 Å². The summed E-state index contributed by atoms with van der Waals surface area (Å²) in [5, 5.41) is 18.5. The predicted molar refractivity (Wildman–Crippen MR) is 49.8 cm³/mol. The van der Waals surface area contributed by atoms with Gasteiger partial charge in [-0.05, 0) is 12.1 Å². The molecule has 4 N–H and O–H groups in total. The van der Waals surface area contributed by atoms with Crippen molar-refractivity contribution in [2.75, 3.05) is 6.54 Å². The highest BCUT2D eigenvalue weighted by Crippen LogP contribution is 2.30. The van der Waals surface area contributed by atoms with Crippen LogP contribution >= 0.6 is 15.9 Å². The van der Waals surface area contributed by atoms with Crippen LogP contribution in [0.3, 0.4) is 0 Å². The first kappa shape index (κ1) is 10.4. The lowest BCUT2D eigenvalue weighted by molar-refractivity contribution is 0.181. The summed E-state index contributed by atoms with van der Waals surface area (Å²) in [6.45, 7) is -0.0660. The lowest BCUT2D eigenvalue weighted by Gasteiger charge is -2.10. The second-order valence-corrected chi connectivity index (χ2v) is 3.49. The summed E-state index contributed by atoms with van der Waals surface area (Å²) in [4.78, 5) is 0. The molecule has 1 rings (SSSR count). The molecule has 72 valence electrons. The average Bonchev–Trinajstić information content (AvgIpc) is 2.10. The van der Waals surface area contributed by atoms with E-state index < -0.39 is 17.7 Å². The monoisotopic (exact) mass is 249 g/mol. The fourth-order valence-corrected chi connectivity index (χ4v) is 1.41. The van der Waals surface area contributed by atoms with Crippen LogP contribution in [0, 0.1) is 5.82 Å². The smallest absolute Gasteiger partial charge is 0.166 e. The van der Waals surface area contributed by atoms with E-state index in [2.05, 4.69) is 15.9 Å².